The zero-order chi connectivity index (χ0) is 19.0. The molecule has 1 aliphatic heterocycles. The van der Waals surface area contributed by atoms with E-state index >= 15 is 0 Å². The van der Waals surface area contributed by atoms with Gasteiger partial charge in [0, 0.05) is 12.5 Å². The number of hydrogen-bond acceptors (Lipinski definition) is 6. The van der Waals surface area contributed by atoms with Gasteiger partial charge in [0.25, 0.3) is 0 Å². The summed E-state index contributed by atoms with van der Waals surface area (Å²) in [4.78, 5) is 7.35. The summed E-state index contributed by atoms with van der Waals surface area (Å²) in [7, 11) is -3.23. The molecule has 0 spiro atoms. The lowest BCUT2D eigenvalue weighted by atomic mass is 10.3. The van der Waals surface area contributed by atoms with Gasteiger partial charge in [0.05, 0.1) is 10.9 Å². The predicted octanol–water partition coefficient (Wildman–Crippen LogP) is 3.08. The number of rotatable bonds is 5. The van der Waals surface area contributed by atoms with E-state index < -0.39 is 9.84 Å². The summed E-state index contributed by atoms with van der Waals surface area (Å²) in [5, 5.41) is 4.61. The van der Waals surface area contributed by atoms with Crippen LogP contribution in [0, 0.1) is 0 Å². The van der Waals surface area contributed by atoms with Gasteiger partial charge in [-0.15, -0.1) is 5.10 Å². The molecule has 3 heterocycles. The normalized spacial score (nSPS) is 16.7. The standard InChI is InChI=1S/C19H22N4O3S/c1-14(22-11-3-4-12-22)18-20-19-17(6-5-13-23(19)21-18)26-15-7-9-16(10-8-15)27(2,24)25/h5-10,13-14H,3-4,11-12H2,1-2H3. The van der Waals surface area contributed by atoms with Crippen LogP contribution in [0.4, 0.5) is 0 Å². The minimum absolute atomic E-state index is 0.161. The fourth-order valence-electron chi connectivity index (χ4n) is 3.33. The van der Waals surface area contributed by atoms with Crippen molar-refractivity contribution in [3.8, 4) is 11.5 Å². The Balaban J connectivity index is 1.62. The van der Waals surface area contributed by atoms with Crippen LogP contribution in [0.2, 0.25) is 0 Å². The predicted molar refractivity (Wildman–Crippen MR) is 102 cm³/mol. The van der Waals surface area contributed by atoms with E-state index in [9.17, 15) is 8.42 Å². The monoisotopic (exact) mass is 386 g/mol. The lowest BCUT2D eigenvalue weighted by Crippen LogP contribution is -2.24. The molecule has 0 bridgehead atoms. The van der Waals surface area contributed by atoms with E-state index in [1.807, 2.05) is 18.3 Å². The highest BCUT2D eigenvalue weighted by Gasteiger charge is 2.23. The molecule has 8 heteroatoms. The minimum Gasteiger partial charge on any atom is -0.453 e. The molecule has 1 atom stereocenters. The van der Waals surface area contributed by atoms with E-state index in [0.717, 1.165) is 18.9 Å². The first-order chi connectivity index (χ1) is 12.9. The van der Waals surface area contributed by atoms with Crippen LogP contribution in [0.25, 0.3) is 5.65 Å². The highest BCUT2D eigenvalue weighted by molar-refractivity contribution is 7.90. The summed E-state index contributed by atoms with van der Waals surface area (Å²) in [5.74, 6) is 1.91. The number of aromatic nitrogens is 3. The first kappa shape index (κ1) is 17.9. The van der Waals surface area contributed by atoms with Gasteiger partial charge in [-0.3, -0.25) is 4.90 Å². The van der Waals surface area contributed by atoms with Crippen molar-refractivity contribution in [3.63, 3.8) is 0 Å². The molecule has 7 nitrogen and oxygen atoms in total. The second-order valence-electron chi connectivity index (χ2n) is 6.88. The van der Waals surface area contributed by atoms with Crippen molar-refractivity contribution >= 4 is 15.5 Å². The molecule has 27 heavy (non-hydrogen) atoms. The number of nitrogens with zero attached hydrogens (tertiary/aromatic N) is 4. The molecule has 2 aromatic heterocycles. The average molecular weight is 386 g/mol. The molecule has 1 aliphatic rings. The van der Waals surface area contributed by atoms with Crippen molar-refractivity contribution in [1.29, 1.82) is 0 Å². The van der Waals surface area contributed by atoms with Gasteiger partial charge in [0.1, 0.15) is 5.75 Å². The number of likely N-dealkylation sites (tertiary alicyclic amines) is 1. The second-order valence-corrected chi connectivity index (χ2v) is 8.89. The second kappa shape index (κ2) is 6.94. The summed E-state index contributed by atoms with van der Waals surface area (Å²) in [6.45, 7) is 4.28. The molecule has 1 saturated heterocycles. The Bertz CT molecular complexity index is 1050. The van der Waals surface area contributed by atoms with Crippen LogP contribution in [0.5, 0.6) is 11.5 Å². The Morgan fingerprint density at radius 1 is 1.11 bits per heavy atom. The van der Waals surface area contributed by atoms with Crippen molar-refractivity contribution in [2.45, 2.75) is 30.7 Å². The Hall–Kier alpha value is -2.45. The summed E-state index contributed by atoms with van der Waals surface area (Å²) in [5.41, 5.74) is 0.644. The number of ether oxygens (including phenoxy) is 1. The van der Waals surface area contributed by atoms with Crippen LogP contribution >= 0.6 is 0 Å². The van der Waals surface area contributed by atoms with Gasteiger partial charge < -0.3 is 4.74 Å². The molecule has 1 unspecified atom stereocenters. The first-order valence-corrected chi connectivity index (χ1v) is 10.9. The van der Waals surface area contributed by atoms with E-state index in [-0.39, 0.29) is 10.9 Å². The van der Waals surface area contributed by atoms with Crippen molar-refractivity contribution < 1.29 is 13.2 Å². The Kier molecular flexibility index (Phi) is 4.61. The van der Waals surface area contributed by atoms with Gasteiger partial charge in [-0.25, -0.2) is 17.9 Å². The largest absolute Gasteiger partial charge is 0.453 e. The van der Waals surface area contributed by atoms with Gasteiger partial charge in [0.15, 0.2) is 27.1 Å². The summed E-state index contributed by atoms with van der Waals surface area (Å²) in [6.07, 6.45) is 5.47. The lowest BCUT2D eigenvalue weighted by molar-refractivity contribution is 0.253. The topological polar surface area (TPSA) is 76.8 Å². The fraction of sp³-hybridized carbons (Fsp3) is 0.368. The molecule has 142 valence electrons. The summed E-state index contributed by atoms with van der Waals surface area (Å²) >= 11 is 0. The van der Waals surface area contributed by atoms with Crippen LogP contribution in [-0.2, 0) is 9.84 Å². The Morgan fingerprint density at radius 2 is 1.81 bits per heavy atom. The van der Waals surface area contributed by atoms with Crippen LogP contribution in [0.3, 0.4) is 0 Å². The maximum absolute atomic E-state index is 11.6. The molecule has 1 aromatic carbocycles. The smallest absolute Gasteiger partial charge is 0.198 e. The molecule has 4 rings (SSSR count). The van der Waals surface area contributed by atoms with Crippen LogP contribution in [0.15, 0.2) is 47.5 Å². The van der Waals surface area contributed by atoms with E-state index in [1.165, 1.54) is 31.2 Å². The molecule has 1 fully saturated rings. The van der Waals surface area contributed by atoms with Crippen molar-refractivity contribution in [2.75, 3.05) is 19.3 Å². The van der Waals surface area contributed by atoms with Crippen LogP contribution in [0.1, 0.15) is 31.6 Å². The molecule has 0 aliphatic carbocycles. The molecule has 0 amide bonds. The van der Waals surface area contributed by atoms with Gasteiger partial charge in [-0.05, 0) is 69.3 Å². The number of sulfone groups is 1. The SMILES string of the molecule is CC(c1nc2c(Oc3ccc(S(C)(=O)=O)cc3)cccn2n1)N1CCCC1. The molecular weight excluding hydrogens is 364 g/mol. The number of hydrogen-bond donors (Lipinski definition) is 0. The fourth-order valence-corrected chi connectivity index (χ4v) is 3.96. The van der Waals surface area contributed by atoms with E-state index in [4.69, 9.17) is 9.72 Å². The van der Waals surface area contributed by atoms with E-state index in [1.54, 1.807) is 16.6 Å². The van der Waals surface area contributed by atoms with E-state index in [2.05, 4.69) is 16.9 Å². The summed E-state index contributed by atoms with van der Waals surface area (Å²) < 4.78 is 30.8. The van der Waals surface area contributed by atoms with Crippen molar-refractivity contribution in [2.24, 2.45) is 0 Å². The third-order valence-electron chi connectivity index (χ3n) is 4.88. The number of pyridine rings is 1. The quantitative estimate of drug-likeness (QED) is 0.671. The average Bonchev–Trinajstić information content (AvgIpc) is 3.31. The van der Waals surface area contributed by atoms with Gasteiger partial charge in [-0.2, -0.15) is 0 Å². The van der Waals surface area contributed by atoms with Crippen LogP contribution in [-0.4, -0.2) is 47.3 Å². The third kappa shape index (κ3) is 3.68. The van der Waals surface area contributed by atoms with Crippen molar-refractivity contribution in [3.05, 3.63) is 48.4 Å². The highest BCUT2D eigenvalue weighted by atomic mass is 32.2. The van der Waals surface area contributed by atoms with Crippen molar-refractivity contribution in [1.82, 2.24) is 19.5 Å². The Labute approximate surface area is 158 Å². The highest BCUT2D eigenvalue weighted by Crippen LogP contribution is 2.28. The molecule has 0 saturated carbocycles. The van der Waals surface area contributed by atoms with E-state index in [0.29, 0.717) is 17.1 Å². The lowest BCUT2D eigenvalue weighted by Gasteiger charge is -2.20. The number of fused-ring (bicyclic) bond motifs is 1. The maximum Gasteiger partial charge on any atom is 0.198 e. The molecular formula is C19H22N4O3S. The van der Waals surface area contributed by atoms with Gasteiger partial charge >= 0.3 is 0 Å². The molecule has 3 aromatic rings. The number of benzene rings is 1. The van der Waals surface area contributed by atoms with Gasteiger partial charge in [0.2, 0.25) is 0 Å². The van der Waals surface area contributed by atoms with Gasteiger partial charge in [-0.1, -0.05) is 0 Å². The zero-order valence-corrected chi connectivity index (χ0v) is 16.2. The first-order valence-electron chi connectivity index (χ1n) is 8.99. The molecule has 0 radical (unpaired) electrons. The molecule has 0 N–H and O–H groups in total. The van der Waals surface area contributed by atoms with Crippen LogP contribution < -0.4 is 4.74 Å². The zero-order valence-electron chi connectivity index (χ0n) is 15.4. The minimum atomic E-state index is -3.23. The summed E-state index contributed by atoms with van der Waals surface area (Å²) in [6, 6.07) is 10.2. The third-order valence-corrected chi connectivity index (χ3v) is 6.01. The Morgan fingerprint density at radius 3 is 2.48 bits per heavy atom. The maximum atomic E-state index is 11.6.